The topological polar surface area (TPSA) is 67.9 Å². The number of amides is 2. The Hall–Kier alpha value is -2.84. The Morgan fingerprint density at radius 1 is 0.971 bits per heavy atom. The number of nitrogens with zero attached hydrogens (tertiary/aromatic N) is 1. The summed E-state index contributed by atoms with van der Waals surface area (Å²) in [5.41, 5.74) is 0.622. The number of ether oxygens (including phenoxy) is 2. The summed E-state index contributed by atoms with van der Waals surface area (Å²) in [7, 11) is 3.14. The first kappa shape index (κ1) is 25.3. The van der Waals surface area contributed by atoms with E-state index in [9.17, 15) is 9.59 Å². The van der Waals surface area contributed by atoms with E-state index in [1.54, 1.807) is 47.9 Å². The molecule has 0 radical (unpaired) electrons. The second-order valence-corrected chi connectivity index (χ2v) is 10.8. The Morgan fingerprint density at radius 2 is 1.69 bits per heavy atom. The van der Waals surface area contributed by atoms with Crippen LogP contribution in [0.15, 0.2) is 53.2 Å². The number of benzene rings is 1. The molecule has 1 saturated carbocycles. The number of nitrogens with one attached hydrogen (secondary N) is 1. The van der Waals surface area contributed by atoms with Gasteiger partial charge in [-0.15, -0.1) is 22.7 Å². The maximum absolute atomic E-state index is 14.0. The van der Waals surface area contributed by atoms with E-state index in [4.69, 9.17) is 9.47 Å². The SMILES string of the molecule is COc1cccc([C@@H](C(=O)NC2CCCCC2)N(Cc2cccs2)C(=O)Cc2cccs2)c1OC. The molecule has 0 saturated heterocycles. The second kappa shape index (κ2) is 12.2. The molecule has 35 heavy (non-hydrogen) atoms. The minimum absolute atomic E-state index is 0.102. The summed E-state index contributed by atoms with van der Waals surface area (Å²) in [5, 5.41) is 7.21. The van der Waals surface area contributed by atoms with E-state index in [0.29, 0.717) is 23.6 Å². The Morgan fingerprint density at radius 3 is 2.31 bits per heavy atom. The zero-order valence-electron chi connectivity index (χ0n) is 20.2. The maximum atomic E-state index is 14.0. The van der Waals surface area contributed by atoms with Crippen LogP contribution in [0.3, 0.4) is 0 Å². The molecule has 1 atom stereocenters. The Labute approximate surface area is 214 Å². The molecule has 2 heterocycles. The van der Waals surface area contributed by atoms with Crippen LogP contribution in [0.2, 0.25) is 0 Å². The van der Waals surface area contributed by atoms with Crippen LogP contribution in [0.5, 0.6) is 11.5 Å². The van der Waals surface area contributed by atoms with E-state index in [2.05, 4.69) is 5.32 Å². The molecule has 2 aromatic heterocycles. The lowest BCUT2D eigenvalue weighted by Crippen LogP contribution is -2.47. The molecule has 0 unspecified atom stereocenters. The van der Waals surface area contributed by atoms with E-state index >= 15 is 0 Å². The summed E-state index contributed by atoms with van der Waals surface area (Å²) >= 11 is 3.12. The predicted octanol–water partition coefficient (Wildman–Crippen LogP) is 5.59. The molecule has 186 valence electrons. The Kier molecular flexibility index (Phi) is 8.82. The molecule has 8 heteroatoms. The number of hydrogen-bond acceptors (Lipinski definition) is 6. The van der Waals surface area contributed by atoms with Crippen LogP contribution in [-0.2, 0) is 22.6 Å². The standard InChI is InChI=1S/C27H32N2O4S2/c1-32-23-14-6-13-22(26(23)33-2)25(27(31)28-19-9-4-3-5-10-19)29(18-21-12-8-16-35-21)24(30)17-20-11-7-15-34-20/h6-8,11-16,19,25H,3-5,9-10,17-18H2,1-2H3,(H,28,31)/t25-/m0/s1. The largest absolute Gasteiger partial charge is 0.493 e. The van der Waals surface area contributed by atoms with Crippen molar-refractivity contribution in [3.8, 4) is 11.5 Å². The number of carbonyl (C=O) groups excluding carboxylic acids is 2. The van der Waals surface area contributed by atoms with E-state index in [0.717, 1.165) is 35.4 Å². The first-order valence-electron chi connectivity index (χ1n) is 12.0. The summed E-state index contributed by atoms with van der Waals surface area (Å²) in [5.74, 6) is 0.718. The highest BCUT2D eigenvalue weighted by Crippen LogP contribution is 2.38. The number of thiophene rings is 2. The molecule has 3 aromatic rings. The predicted molar refractivity (Wildman–Crippen MR) is 140 cm³/mol. The average Bonchev–Trinajstić information content (AvgIpc) is 3.58. The minimum Gasteiger partial charge on any atom is -0.493 e. The molecule has 0 bridgehead atoms. The fraction of sp³-hybridized carbons (Fsp3) is 0.407. The van der Waals surface area contributed by atoms with Crippen LogP contribution < -0.4 is 14.8 Å². The highest BCUT2D eigenvalue weighted by molar-refractivity contribution is 7.10. The highest BCUT2D eigenvalue weighted by Gasteiger charge is 2.36. The number of rotatable bonds is 10. The van der Waals surface area contributed by atoms with Crippen LogP contribution in [0.25, 0.3) is 0 Å². The molecule has 1 fully saturated rings. The molecule has 0 aliphatic heterocycles. The molecule has 1 aliphatic carbocycles. The third-order valence-electron chi connectivity index (χ3n) is 6.37. The first-order valence-corrected chi connectivity index (χ1v) is 13.7. The van der Waals surface area contributed by atoms with Crippen LogP contribution in [0, 0.1) is 0 Å². The molecule has 6 nitrogen and oxygen atoms in total. The average molecular weight is 513 g/mol. The molecule has 1 N–H and O–H groups in total. The van der Waals surface area contributed by atoms with E-state index in [-0.39, 0.29) is 24.3 Å². The molecular weight excluding hydrogens is 480 g/mol. The van der Waals surface area contributed by atoms with E-state index in [1.165, 1.54) is 6.42 Å². The van der Waals surface area contributed by atoms with Crippen molar-refractivity contribution in [1.82, 2.24) is 10.2 Å². The van der Waals surface area contributed by atoms with Crippen molar-refractivity contribution in [3.63, 3.8) is 0 Å². The van der Waals surface area contributed by atoms with Crippen molar-refractivity contribution in [2.45, 2.75) is 57.2 Å². The van der Waals surface area contributed by atoms with Crippen LogP contribution in [0.4, 0.5) is 0 Å². The zero-order valence-corrected chi connectivity index (χ0v) is 21.8. The molecule has 1 aromatic carbocycles. The molecule has 4 rings (SSSR count). The number of hydrogen-bond donors (Lipinski definition) is 1. The van der Waals surface area contributed by atoms with Gasteiger partial charge in [-0.3, -0.25) is 9.59 Å². The number of para-hydroxylation sites is 1. The van der Waals surface area contributed by atoms with Crippen molar-refractivity contribution >= 4 is 34.5 Å². The quantitative estimate of drug-likeness (QED) is 0.385. The third kappa shape index (κ3) is 6.24. The van der Waals surface area contributed by atoms with Gasteiger partial charge in [0.15, 0.2) is 11.5 Å². The summed E-state index contributed by atoms with van der Waals surface area (Å²) < 4.78 is 11.3. The van der Waals surface area contributed by atoms with E-state index < -0.39 is 6.04 Å². The van der Waals surface area contributed by atoms with Crippen LogP contribution in [-0.4, -0.2) is 37.0 Å². The summed E-state index contributed by atoms with van der Waals surface area (Å²) in [6.07, 6.45) is 5.57. The van der Waals surface area contributed by atoms with Crippen molar-refractivity contribution in [2.24, 2.45) is 0 Å². The van der Waals surface area contributed by atoms with Crippen molar-refractivity contribution in [2.75, 3.05) is 14.2 Å². The highest BCUT2D eigenvalue weighted by atomic mass is 32.1. The second-order valence-electron chi connectivity index (χ2n) is 8.69. The van der Waals surface area contributed by atoms with Gasteiger partial charge in [0, 0.05) is 21.4 Å². The monoisotopic (exact) mass is 512 g/mol. The fourth-order valence-corrected chi connectivity index (χ4v) is 6.06. The molecule has 0 spiro atoms. The number of methoxy groups -OCH3 is 2. The number of carbonyl (C=O) groups is 2. The van der Waals surface area contributed by atoms with Gasteiger partial charge in [0.25, 0.3) is 0 Å². The van der Waals surface area contributed by atoms with Gasteiger partial charge >= 0.3 is 0 Å². The molecule has 1 aliphatic rings. The van der Waals surface area contributed by atoms with Crippen molar-refractivity contribution in [3.05, 3.63) is 68.5 Å². The lowest BCUT2D eigenvalue weighted by Gasteiger charge is -2.34. The van der Waals surface area contributed by atoms with Crippen molar-refractivity contribution in [1.29, 1.82) is 0 Å². The Balaban J connectivity index is 1.75. The zero-order chi connectivity index (χ0) is 24.6. The van der Waals surface area contributed by atoms with Crippen LogP contribution in [0.1, 0.15) is 53.5 Å². The van der Waals surface area contributed by atoms with Gasteiger partial charge in [0.2, 0.25) is 11.8 Å². The minimum atomic E-state index is -0.850. The van der Waals surface area contributed by atoms with Crippen LogP contribution >= 0.6 is 22.7 Å². The van der Waals surface area contributed by atoms with Gasteiger partial charge in [-0.05, 0) is 41.8 Å². The molecular formula is C27H32N2O4S2. The normalized spacial score (nSPS) is 14.8. The summed E-state index contributed by atoms with van der Waals surface area (Å²) in [6.45, 7) is 0.338. The van der Waals surface area contributed by atoms with Gasteiger partial charge in [0.05, 0.1) is 27.2 Å². The van der Waals surface area contributed by atoms with E-state index in [1.807, 2.05) is 47.2 Å². The van der Waals surface area contributed by atoms with Gasteiger partial charge < -0.3 is 19.7 Å². The maximum Gasteiger partial charge on any atom is 0.247 e. The summed E-state index contributed by atoms with van der Waals surface area (Å²) in [6, 6.07) is 12.6. The lowest BCUT2D eigenvalue weighted by molar-refractivity contribution is -0.141. The Bertz CT molecular complexity index is 1090. The van der Waals surface area contributed by atoms with Gasteiger partial charge in [-0.25, -0.2) is 0 Å². The van der Waals surface area contributed by atoms with Crippen molar-refractivity contribution < 1.29 is 19.1 Å². The first-order chi connectivity index (χ1) is 17.1. The molecule has 2 amide bonds. The lowest BCUT2D eigenvalue weighted by atomic mass is 9.94. The summed E-state index contributed by atoms with van der Waals surface area (Å²) in [4.78, 5) is 31.4. The van der Waals surface area contributed by atoms with Gasteiger partial charge in [-0.1, -0.05) is 43.5 Å². The third-order valence-corrected chi connectivity index (χ3v) is 8.11. The fourth-order valence-electron chi connectivity index (χ4n) is 4.66. The van der Waals surface area contributed by atoms with Gasteiger partial charge in [0.1, 0.15) is 6.04 Å². The van der Waals surface area contributed by atoms with Gasteiger partial charge in [-0.2, -0.15) is 0 Å². The smallest absolute Gasteiger partial charge is 0.247 e.